The van der Waals surface area contributed by atoms with Gasteiger partial charge in [0.2, 0.25) is 0 Å². The molecule has 19 heavy (non-hydrogen) atoms. The number of carbonyl (C=O) groups is 1. The number of rotatable bonds is 2. The number of morpholine rings is 1. The van der Waals surface area contributed by atoms with Gasteiger partial charge in [0.15, 0.2) is 0 Å². The van der Waals surface area contributed by atoms with Crippen LogP contribution in [0.1, 0.15) is 24.2 Å². The van der Waals surface area contributed by atoms with Crippen LogP contribution in [0.3, 0.4) is 0 Å². The van der Waals surface area contributed by atoms with Gasteiger partial charge in [0, 0.05) is 30.8 Å². The van der Waals surface area contributed by atoms with E-state index in [1.54, 1.807) is 11.0 Å². The molecule has 0 aliphatic carbocycles. The molecule has 1 aliphatic heterocycles. The molecule has 0 bridgehead atoms. The van der Waals surface area contributed by atoms with Crippen LogP contribution in [0.4, 0.5) is 5.69 Å². The Morgan fingerprint density at radius 2 is 2.00 bits per heavy atom. The van der Waals surface area contributed by atoms with E-state index in [-0.39, 0.29) is 23.8 Å². The predicted molar refractivity (Wildman–Crippen MR) is 69.0 cm³/mol. The number of benzene rings is 1. The number of hydrogen-bond donors (Lipinski definition) is 0. The fourth-order valence-corrected chi connectivity index (χ4v) is 2.28. The van der Waals surface area contributed by atoms with Gasteiger partial charge in [-0.15, -0.1) is 0 Å². The molecule has 0 radical (unpaired) electrons. The van der Waals surface area contributed by atoms with Crippen molar-refractivity contribution in [2.75, 3.05) is 13.1 Å². The second kappa shape index (κ2) is 5.36. The van der Waals surface area contributed by atoms with Gasteiger partial charge in [0.1, 0.15) is 0 Å². The Balaban J connectivity index is 2.19. The maximum Gasteiger partial charge on any atom is 0.270 e. The van der Waals surface area contributed by atoms with E-state index < -0.39 is 4.92 Å². The Morgan fingerprint density at radius 3 is 2.58 bits per heavy atom. The summed E-state index contributed by atoms with van der Waals surface area (Å²) in [6, 6.07) is 5.81. The molecule has 1 heterocycles. The Hall–Kier alpha value is -1.95. The van der Waals surface area contributed by atoms with Gasteiger partial charge in [-0.2, -0.15) is 0 Å². The maximum atomic E-state index is 12.3. The molecule has 0 N–H and O–H groups in total. The van der Waals surface area contributed by atoms with E-state index in [0.29, 0.717) is 18.7 Å². The minimum atomic E-state index is -0.499. The molecule has 2 rings (SSSR count). The van der Waals surface area contributed by atoms with Crippen molar-refractivity contribution >= 4 is 11.6 Å². The first-order valence-corrected chi connectivity index (χ1v) is 6.16. The fraction of sp³-hybridized carbons (Fsp3) is 0.462. The van der Waals surface area contributed by atoms with E-state index in [2.05, 4.69) is 0 Å². The number of carbonyl (C=O) groups excluding carboxylic acids is 1. The Kier molecular flexibility index (Phi) is 3.80. The highest BCUT2D eigenvalue weighted by molar-refractivity contribution is 5.94. The molecule has 1 aliphatic rings. The molecule has 6 heteroatoms. The smallest absolute Gasteiger partial charge is 0.270 e. The van der Waals surface area contributed by atoms with Crippen LogP contribution in [0, 0.1) is 10.1 Å². The number of ether oxygens (including phenoxy) is 1. The highest BCUT2D eigenvalue weighted by Gasteiger charge is 2.27. The van der Waals surface area contributed by atoms with Gasteiger partial charge in [0.25, 0.3) is 11.6 Å². The first-order chi connectivity index (χ1) is 8.97. The quantitative estimate of drug-likeness (QED) is 0.603. The molecule has 0 saturated carbocycles. The molecule has 0 unspecified atom stereocenters. The molecule has 2 atom stereocenters. The van der Waals surface area contributed by atoms with Gasteiger partial charge in [-0.05, 0) is 19.9 Å². The SMILES string of the molecule is C[C@@H]1CN(C(=O)c2cccc([N+](=O)[O-])c2)C[C@H](C)O1. The van der Waals surface area contributed by atoms with Crippen molar-refractivity contribution in [3.8, 4) is 0 Å². The Morgan fingerprint density at radius 1 is 1.37 bits per heavy atom. The summed E-state index contributed by atoms with van der Waals surface area (Å²) in [5.74, 6) is -0.189. The van der Waals surface area contributed by atoms with E-state index in [4.69, 9.17) is 4.74 Å². The lowest BCUT2D eigenvalue weighted by molar-refractivity contribution is -0.384. The summed E-state index contributed by atoms with van der Waals surface area (Å²) in [7, 11) is 0. The number of hydrogen-bond acceptors (Lipinski definition) is 4. The van der Waals surface area contributed by atoms with Crippen LogP contribution in [-0.4, -0.2) is 41.0 Å². The lowest BCUT2D eigenvalue weighted by Gasteiger charge is -2.35. The molecule has 0 aromatic heterocycles. The van der Waals surface area contributed by atoms with Crippen molar-refractivity contribution in [2.45, 2.75) is 26.1 Å². The molecular formula is C13H16N2O4. The lowest BCUT2D eigenvalue weighted by Crippen LogP contribution is -2.48. The molecule has 1 aromatic rings. The minimum Gasteiger partial charge on any atom is -0.372 e. The Bertz CT molecular complexity index is 493. The second-order valence-corrected chi connectivity index (χ2v) is 4.77. The highest BCUT2D eigenvalue weighted by atomic mass is 16.6. The third-order valence-corrected chi connectivity index (χ3v) is 3.01. The van der Waals surface area contributed by atoms with Crippen LogP contribution in [-0.2, 0) is 4.74 Å². The van der Waals surface area contributed by atoms with Crippen LogP contribution >= 0.6 is 0 Å². The number of nitrogens with zero attached hydrogens (tertiary/aromatic N) is 2. The average molecular weight is 264 g/mol. The van der Waals surface area contributed by atoms with E-state index in [1.165, 1.54) is 18.2 Å². The van der Waals surface area contributed by atoms with E-state index >= 15 is 0 Å². The summed E-state index contributed by atoms with van der Waals surface area (Å²) >= 11 is 0. The summed E-state index contributed by atoms with van der Waals surface area (Å²) in [6.45, 7) is 4.82. The van der Waals surface area contributed by atoms with Crippen LogP contribution in [0.5, 0.6) is 0 Å². The largest absolute Gasteiger partial charge is 0.372 e. The third kappa shape index (κ3) is 3.08. The van der Waals surface area contributed by atoms with Gasteiger partial charge < -0.3 is 9.64 Å². The minimum absolute atomic E-state index is 0.0219. The molecule has 0 spiro atoms. The number of nitro benzene ring substituents is 1. The topological polar surface area (TPSA) is 72.7 Å². The van der Waals surface area contributed by atoms with Crippen molar-refractivity contribution in [3.63, 3.8) is 0 Å². The van der Waals surface area contributed by atoms with Crippen LogP contribution < -0.4 is 0 Å². The fourth-order valence-electron chi connectivity index (χ4n) is 2.28. The van der Waals surface area contributed by atoms with E-state index in [9.17, 15) is 14.9 Å². The molecule has 1 fully saturated rings. The van der Waals surface area contributed by atoms with Gasteiger partial charge in [0.05, 0.1) is 17.1 Å². The summed E-state index contributed by atoms with van der Waals surface area (Å²) in [4.78, 5) is 24.2. The summed E-state index contributed by atoms with van der Waals surface area (Å²) in [5.41, 5.74) is 0.274. The van der Waals surface area contributed by atoms with E-state index in [1.807, 2.05) is 13.8 Å². The molecule has 1 aromatic carbocycles. The van der Waals surface area contributed by atoms with Crippen LogP contribution in [0.2, 0.25) is 0 Å². The standard InChI is InChI=1S/C13H16N2O4/c1-9-7-14(8-10(2)19-9)13(16)11-4-3-5-12(6-11)15(17)18/h3-6,9-10H,7-8H2,1-2H3/t9-,10+. The summed E-state index contributed by atoms with van der Waals surface area (Å²) in [5, 5.41) is 10.7. The number of nitro groups is 1. The number of non-ortho nitro benzene ring substituents is 1. The van der Waals surface area contributed by atoms with E-state index in [0.717, 1.165) is 0 Å². The zero-order valence-electron chi connectivity index (χ0n) is 10.9. The van der Waals surface area contributed by atoms with Crippen LogP contribution in [0.15, 0.2) is 24.3 Å². The molecule has 1 amide bonds. The summed E-state index contributed by atoms with van der Waals surface area (Å²) in [6.07, 6.45) is -0.0437. The third-order valence-electron chi connectivity index (χ3n) is 3.01. The highest BCUT2D eigenvalue weighted by Crippen LogP contribution is 2.18. The second-order valence-electron chi connectivity index (χ2n) is 4.77. The van der Waals surface area contributed by atoms with Crippen molar-refractivity contribution in [2.24, 2.45) is 0 Å². The molecule has 102 valence electrons. The normalized spacial score (nSPS) is 23.2. The van der Waals surface area contributed by atoms with Crippen molar-refractivity contribution < 1.29 is 14.5 Å². The number of amides is 1. The zero-order valence-corrected chi connectivity index (χ0v) is 10.9. The summed E-state index contributed by atoms with van der Waals surface area (Å²) < 4.78 is 5.56. The van der Waals surface area contributed by atoms with Crippen molar-refractivity contribution in [1.29, 1.82) is 0 Å². The Labute approximate surface area is 111 Å². The maximum absolute atomic E-state index is 12.3. The molecule has 1 saturated heterocycles. The van der Waals surface area contributed by atoms with Crippen molar-refractivity contribution in [3.05, 3.63) is 39.9 Å². The molecule has 6 nitrogen and oxygen atoms in total. The van der Waals surface area contributed by atoms with Crippen molar-refractivity contribution in [1.82, 2.24) is 4.90 Å². The van der Waals surface area contributed by atoms with Gasteiger partial charge in [-0.3, -0.25) is 14.9 Å². The van der Waals surface area contributed by atoms with Gasteiger partial charge in [-0.1, -0.05) is 6.07 Å². The van der Waals surface area contributed by atoms with Crippen LogP contribution in [0.25, 0.3) is 0 Å². The van der Waals surface area contributed by atoms with Gasteiger partial charge in [-0.25, -0.2) is 0 Å². The monoisotopic (exact) mass is 264 g/mol. The average Bonchev–Trinajstić information content (AvgIpc) is 2.37. The first kappa shape index (κ1) is 13.5. The first-order valence-electron chi connectivity index (χ1n) is 6.16. The zero-order chi connectivity index (χ0) is 14.0. The predicted octanol–water partition coefficient (Wildman–Crippen LogP) is 1.84. The lowest BCUT2D eigenvalue weighted by atomic mass is 10.1. The van der Waals surface area contributed by atoms with Gasteiger partial charge >= 0.3 is 0 Å². The molecular weight excluding hydrogens is 248 g/mol.